The number of fused-ring (bicyclic) bond motifs is 1. The molecule has 3 nitrogen and oxygen atoms in total. The van der Waals surface area contributed by atoms with Crippen molar-refractivity contribution in [2.24, 2.45) is 0 Å². The van der Waals surface area contributed by atoms with Crippen LogP contribution in [0.5, 0.6) is 0 Å². The Morgan fingerprint density at radius 1 is 1.08 bits per heavy atom. The summed E-state index contributed by atoms with van der Waals surface area (Å²) in [6.07, 6.45) is -2.76. The Kier molecular flexibility index (Phi) is 5.03. The fourth-order valence-corrected chi connectivity index (χ4v) is 3.40. The molecule has 0 fully saturated rings. The van der Waals surface area contributed by atoms with Gasteiger partial charge in [0.15, 0.2) is 0 Å². The lowest BCUT2D eigenvalue weighted by atomic mass is 10.2. The van der Waals surface area contributed by atoms with Crippen molar-refractivity contribution in [1.29, 1.82) is 0 Å². The third-order valence-electron chi connectivity index (χ3n) is 3.63. The van der Waals surface area contributed by atoms with Crippen LogP contribution in [0.25, 0.3) is 10.2 Å². The van der Waals surface area contributed by atoms with Gasteiger partial charge < -0.3 is 5.32 Å². The van der Waals surface area contributed by atoms with Gasteiger partial charge in [-0.25, -0.2) is 4.98 Å². The molecule has 1 aromatic heterocycles. The van der Waals surface area contributed by atoms with Crippen molar-refractivity contribution in [3.8, 4) is 0 Å². The van der Waals surface area contributed by atoms with E-state index in [4.69, 9.17) is 0 Å². The van der Waals surface area contributed by atoms with Crippen molar-refractivity contribution < 1.29 is 18.0 Å². The van der Waals surface area contributed by atoms with Crippen LogP contribution in [0.1, 0.15) is 23.4 Å². The van der Waals surface area contributed by atoms with Crippen molar-refractivity contribution in [2.75, 3.05) is 5.32 Å². The van der Waals surface area contributed by atoms with Gasteiger partial charge in [-0.2, -0.15) is 13.2 Å². The Morgan fingerprint density at radius 2 is 1.80 bits per heavy atom. The zero-order valence-electron chi connectivity index (χ0n) is 13.1. The molecule has 0 aliphatic rings. The number of benzene rings is 2. The first-order valence-corrected chi connectivity index (χ1v) is 8.55. The van der Waals surface area contributed by atoms with Crippen molar-refractivity contribution in [3.63, 3.8) is 0 Å². The molecular formula is C18H15F3N2OS. The Labute approximate surface area is 146 Å². The lowest BCUT2D eigenvalue weighted by Gasteiger charge is -2.08. The second-order valence-electron chi connectivity index (χ2n) is 5.55. The fraction of sp³-hybridized carbons (Fsp3) is 0.222. The number of hydrogen-bond acceptors (Lipinski definition) is 3. The van der Waals surface area contributed by atoms with Crippen LogP contribution in [0.4, 0.5) is 18.9 Å². The van der Waals surface area contributed by atoms with Gasteiger partial charge >= 0.3 is 6.18 Å². The maximum atomic E-state index is 12.5. The van der Waals surface area contributed by atoms with Crippen LogP contribution < -0.4 is 5.32 Å². The number of aryl methyl sites for hydroxylation is 1. The van der Waals surface area contributed by atoms with Gasteiger partial charge in [0.2, 0.25) is 5.91 Å². The van der Waals surface area contributed by atoms with E-state index < -0.39 is 11.7 Å². The van der Waals surface area contributed by atoms with Gasteiger partial charge in [-0.05, 0) is 49.2 Å². The number of halogens is 3. The van der Waals surface area contributed by atoms with Gasteiger partial charge in [-0.15, -0.1) is 11.3 Å². The van der Waals surface area contributed by atoms with Crippen LogP contribution in [0.3, 0.4) is 0 Å². The monoisotopic (exact) mass is 364 g/mol. The highest BCUT2D eigenvalue weighted by atomic mass is 32.1. The maximum Gasteiger partial charge on any atom is 0.416 e. The highest BCUT2D eigenvalue weighted by molar-refractivity contribution is 7.18. The van der Waals surface area contributed by atoms with Crippen molar-refractivity contribution >= 4 is 33.1 Å². The second kappa shape index (κ2) is 7.23. The summed E-state index contributed by atoms with van der Waals surface area (Å²) < 4.78 is 38.6. The number of nitrogens with one attached hydrogen (secondary N) is 1. The average Bonchev–Trinajstić information content (AvgIpc) is 2.97. The highest BCUT2D eigenvalue weighted by Gasteiger charge is 2.29. The summed E-state index contributed by atoms with van der Waals surface area (Å²) in [5.41, 5.74) is 0.580. The first kappa shape index (κ1) is 17.4. The first-order chi connectivity index (χ1) is 11.9. The molecule has 25 heavy (non-hydrogen) atoms. The van der Waals surface area contributed by atoms with E-state index in [2.05, 4.69) is 10.3 Å². The van der Waals surface area contributed by atoms with Crippen LogP contribution in [-0.2, 0) is 17.4 Å². The average molecular weight is 364 g/mol. The number of carbonyl (C=O) groups excluding carboxylic acids is 1. The van der Waals surface area contributed by atoms with Crippen LogP contribution in [0.2, 0.25) is 0 Å². The van der Waals surface area contributed by atoms with E-state index in [1.807, 2.05) is 24.3 Å². The molecular weight excluding hydrogens is 349 g/mol. The van der Waals surface area contributed by atoms with Crippen LogP contribution in [0, 0.1) is 0 Å². The fourth-order valence-electron chi connectivity index (χ4n) is 2.39. The van der Waals surface area contributed by atoms with E-state index in [1.54, 1.807) is 11.3 Å². The van der Waals surface area contributed by atoms with Crippen LogP contribution >= 0.6 is 11.3 Å². The second-order valence-corrected chi connectivity index (χ2v) is 6.67. The molecule has 0 bridgehead atoms. The number of anilines is 1. The minimum absolute atomic E-state index is 0.221. The highest BCUT2D eigenvalue weighted by Crippen LogP contribution is 2.29. The molecule has 0 atom stereocenters. The largest absolute Gasteiger partial charge is 0.416 e. The van der Waals surface area contributed by atoms with E-state index >= 15 is 0 Å². The van der Waals surface area contributed by atoms with Gasteiger partial charge in [0.1, 0.15) is 0 Å². The Morgan fingerprint density at radius 3 is 2.48 bits per heavy atom. The molecule has 130 valence electrons. The van der Waals surface area contributed by atoms with Gasteiger partial charge in [0.25, 0.3) is 0 Å². The van der Waals surface area contributed by atoms with Gasteiger partial charge in [-0.1, -0.05) is 12.1 Å². The summed E-state index contributed by atoms with van der Waals surface area (Å²) in [5.74, 6) is -0.221. The number of para-hydroxylation sites is 1. The maximum absolute atomic E-state index is 12.5. The van der Waals surface area contributed by atoms with E-state index in [9.17, 15) is 18.0 Å². The Bertz CT molecular complexity index is 839. The van der Waals surface area contributed by atoms with Gasteiger partial charge in [-0.3, -0.25) is 4.79 Å². The van der Waals surface area contributed by atoms with E-state index in [-0.39, 0.29) is 12.3 Å². The lowest BCUT2D eigenvalue weighted by molar-refractivity contribution is -0.137. The predicted molar refractivity (Wildman–Crippen MR) is 92.6 cm³/mol. The van der Waals surface area contributed by atoms with Crippen molar-refractivity contribution in [1.82, 2.24) is 4.98 Å². The number of rotatable bonds is 5. The Hall–Kier alpha value is -2.41. The number of aromatic nitrogens is 1. The van der Waals surface area contributed by atoms with Gasteiger partial charge in [0.05, 0.1) is 20.8 Å². The quantitative estimate of drug-likeness (QED) is 0.669. The van der Waals surface area contributed by atoms with E-state index in [0.717, 1.165) is 27.4 Å². The van der Waals surface area contributed by atoms with E-state index in [0.29, 0.717) is 18.5 Å². The Balaban J connectivity index is 1.49. The van der Waals surface area contributed by atoms with Crippen molar-refractivity contribution in [3.05, 3.63) is 59.1 Å². The summed E-state index contributed by atoms with van der Waals surface area (Å²) in [6, 6.07) is 12.3. The normalized spacial score (nSPS) is 11.6. The van der Waals surface area contributed by atoms with Crippen molar-refractivity contribution in [2.45, 2.75) is 25.4 Å². The molecule has 1 heterocycles. The molecule has 0 aliphatic heterocycles. The molecule has 1 amide bonds. The summed E-state index contributed by atoms with van der Waals surface area (Å²) in [4.78, 5) is 16.4. The molecule has 0 unspecified atom stereocenters. The van der Waals surface area contributed by atoms with E-state index in [1.165, 1.54) is 12.1 Å². The topological polar surface area (TPSA) is 42.0 Å². The SMILES string of the molecule is O=C(CCCc1nc2ccccc2s1)Nc1ccc(C(F)(F)F)cc1. The molecule has 0 spiro atoms. The molecule has 3 rings (SSSR count). The summed E-state index contributed by atoms with van der Waals surface area (Å²) in [7, 11) is 0. The third kappa shape index (κ3) is 4.57. The molecule has 0 aliphatic carbocycles. The number of hydrogen-bond donors (Lipinski definition) is 1. The number of nitrogens with zero attached hydrogens (tertiary/aromatic N) is 1. The first-order valence-electron chi connectivity index (χ1n) is 7.73. The molecule has 0 saturated carbocycles. The molecule has 0 saturated heterocycles. The molecule has 2 aromatic carbocycles. The molecule has 1 N–H and O–H groups in total. The molecule has 0 radical (unpaired) electrons. The number of amides is 1. The standard InChI is InChI=1S/C18H15F3N2OS/c19-18(20,21)12-8-10-13(11-9-12)22-16(24)6-3-7-17-23-14-4-1-2-5-15(14)25-17/h1-2,4-5,8-11H,3,6-7H2,(H,22,24). The van der Waals surface area contributed by atoms with Crippen LogP contribution in [0.15, 0.2) is 48.5 Å². The smallest absolute Gasteiger partial charge is 0.326 e. The summed E-state index contributed by atoms with van der Waals surface area (Å²) in [6.45, 7) is 0. The summed E-state index contributed by atoms with van der Waals surface area (Å²) in [5, 5.41) is 3.59. The number of carbonyl (C=O) groups is 1. The number of alkyl halides is 3. The third-order valence-corrected chi connectivity index (χ3v) is 4.72. The van der Waals surface area contributed by atoms with Crippen LogP contribution in [-0.4, -0.2) is 10.9 Å². The number of thiazole rings is 1. The van der Waals surface area contributed by atoms with Gasteiger partial charge in [0, 0.05) is 12.1 Å². The minimum Gasteiger partial charge on any atom is -0.326 e. The lowest BCUT2D eigenvalue weighted by Crippen LogP contribution is -2.12. The molecule has 3 aromatic rings. The zero-order valence-corrected chi connectivity index (χ0v) is 14.0. The molecule has 7 heteroatoms. The minimum atomic E-state index is -4.38. The predicted octanol–water partition coefficient (Wildman–Crippen LogP) is 5.28. The summed E-state index contributed by atoms with van der Waals surface area (Å²) >= 11 is 1.61. The zero-order chi connectivity index (χ0) is 17.9.